The van der Waals surface area contributed by atoms with Gasteiger partial charge < -0.3 is 5.73 Å². The molecule has 17 heavy (non-hydrogen) atoms. The summed E-state index contributed by atoms with van der Waals surface area (Å²) in [5.41, 5.74) is 7.92. The fourth-order valence-electron chi connectivity index (χ4n) is 1.58. The minimum Gasteiger partial charge on any atom is -0.323 e. The second kappa shape index (κ2) is 5.06. The molecular formula is C12H12BrClN2S. The topological polar surface area (TPSA) is 38.9 Å². The van der Waals surface area contributed by atoms with Gasteiger partial charge in [-0.3, -0.25) is 0 Å². The van der Waals surface area contributed by atoms with Crippen LogP contribution in [0.2, 0.25) is 5.02 Å². The molecule has 5 heteroatoms. The summed E-state index contributed by atoms with van der Waals surface area (Å²) in [6.45, 7) is 3.96. The van der Waals surface area contributed by atoms with Gasteiger partial charge in [0, 0.05) is 21.0 Å². The first-order chi connectivity index (χ1) is 7.99. The second-order valence-electron chi connectivity index (χ2n) is 3.89. The molecule has 1 unspecified atom stereocenters. The Morgan fingerprint density at radius 1 is 1.47 bits per heavy atom. The average Bonchev–Trinajstić information content (AvgIpc) is 2.64. The third-order valence-electron chi connectivity index (χ3n) is 2.41. The van der Waals surface area contributed by atoms with E-state index in [1.54, 1.807) is 11.3 Å². The Balaban J connectivity index is 2.46. The third kappa shape index (κ3) is 2.71. The summed E-state index contributed by atoms with van der Waals surface area (Å²) in [5, 5.41) is 1.65. The number of nitrogens with zero attached hydrogens (tertiary/aromatic N) is 1. The summed E-state index contributed by atoms with van der Waals surface area (Å²) < 4.78 is 0.892. The Hall–Kier alpha value is -0.420. The molecular weight excluding hydrogens is 320 g/mol. The van der Waals surface area contributed by atoms with Crippen LogP contribution < -0.4 is 5.73 Å². The molecule has 1 atom stereocenters. The monoisotopic (exact) mass is 330 g/mol. The molecule has 1 heterocycles. The summed E-state index contributed by atoms with van der Waals surface area (Å²) in [6.07, 6.45) is 0. The van der Waals surface area contributed by atoms with Crippen molar-refractivity contribution in [1.29, 1.82) is 0 Å². The fraction of sp³-hybridized carbons (Fsp3) is 0.250. The number of thiazole rings is 1. The summed E-state index contributed by atoms with van der Waals surface area (Å²) in [4.78, 5) is 5.66. The number of halogens is 2. The summed E-state index contributed by atoms with van der Waals surface area (Å²) >= 11 is 11.1. The number of nitrogens with two attached hydrogens (primary N) is 1. The zero-order valence-electron chi connectivity index (χ0n) is 9.50. The van der Waals surface area contributed by atoms with Crippen LogP contribution >= 0.6 is 38.9 Å². The lowest BCUT2D eigenvalue weighted by atomic mass is 10.2. The van der Waals surface area contributed by atoms with Gasteiger partial charge in [-0.15, -0.1) is 11.3 Å². The maximum Gasteiger partial charge on any atom is 0.123 e. The first-order valence-electron chi connectivity index (χ1n) is 5.17. The van der Waals surface area contributed by atoms with Crippen molar-refractivity contribution >= 4 is 38.9 Å². The van der Waals surface area contributed by atoms with E-state index in [9.17, 15) is 0 Å². The van der Waals surface area contributed by atoms with Crippen molar-refractivity contribution in [3.05, 3.63) is 38.3 Å². The molecule has 2 N–H and O–H groups in total. The first-order valence-corrected chi connectivity index (χ1v) is 7.16. The van der Waals surface area contributed by atoms with E-state index in [1.807, 2.05) is 32.0 Å². The third-order valence-corrected chi connectivity index (χ3v) is 5.05. The number of aromatic nitrogens is 1. The van der Waals surface area contributed by atoms with Crippen LogP contribution in [0, 0.1) is 6.92 Å². The van der Waals surface area contributed by atoms with Crippen LogP contribution in [0.5, 0.6) is 0 Å². The molecule has 2 rings (SSSR count). The van der Waals surface area contributed by atoms with E-state index in [4.69, 9.17) is 17.3 Å². The van der Waals surface area contributed by atoms with Crippen molar-refractivity contribution in [2.75, 3.05) is 0 Å². The lowest BCUT2D eigenvalue weighted by molar-refractivity contribution is 0.825. The van der Waals surface area contributed by atoms with Crippen molar-refractivity contribution in [3.8, 4) is 10.6 Å². The average molecular weight is 332 g/mol. The Morgan fingerprint density at radius 3 is 2.71 bits per heavy atom. The molecule has 1 aromatic heterocycles. The molecule has 2 nitrogen and oxygen atoms in total. The summed E-state index contributed by atoms with van der Waals surface area (Å²) in [7, 11) is 0. The van der Waals surface area contributed by atoms with Gasteiger partial charge >= 0.3 is 0 Å². The van der Waals surface area contributed by atoms with Crippen LogP contribution in [0.15, 0.2) is 22.7 Å². The maximum absolute atomic E-state index is 6.08. The largest absolute Gasteiger partial charge is 0.323 e. The van der Waals surface area contributed by atoms with Gasteiger partial charge in [-0.1, -0.05) is 17.7 Å². The van der Waals surface area contributed by atoms with E-state index < -0.39 is 0 Å². The molecule has 0 aliphatic heterocycles. The highest BCUT2D eigenvalue weighted by atomic mass is 79.9. The minimum atomic E-state index is 0.0205. The predicted octanol–water partition coefficient (Wildman–Crippen LogP) is 4.55. The molecule has 2 aromatic rings. The highest BCUT2D eigenvalue weighted by Crippen LogP contribution is 2.34. The Labute approximate surface area is 118 Å². The molecule has 0 aliphatic carbocycles. The van der Waals surface area contributed by atoms with E-state index in [0.29, 0.717) is 5.02 Å². The van der Waals surface area contributed by atoms with Crippen LogP contribution in [0.25, 0.3) is 10.6 Å². The molecule has 1 aromatic carbocycles. The van der Waals surface area contributed by atoms with Gasteiger partial charge in [0.1, 0.15) is 5.01 Å². The molecule has 0 spiro atoms. The number of hydrogen-bond donors (Lipinski definition) is 1. The normalized spacial score (nSPS) is 12.8. The van der Waals surface area contributed by atoms with Crippen molar-refractivity contribution in [2.45, 2.75) is 19.9 Å². The van der Waals surface area contributed by atoms with Gasteiger partial charge in [-0.25, -0.2) is 4.98 Å². The first kappa shape index (κ1) is 13.0. The second-order valence-corrected chi connectivity index (χ2v) is 6.18. The van der Waals surface area contributed by atoms with Crippen LogP contribution in [-0.4, -0.2) is 4.98 Å². The molecule has 0 saturated heterocycles. The number of aryl methyl sites for hydroxylation is 1. The Morgan fingerprint density at radius 2 is 2.18 bits per heavy atom. The standard InChI is InChI=1S/C12H12BrClN2S/c1-6(15)11-7(2)16-12(17-11)8-3-4-9(13)10(14)5-8/h3-6H,15H2,1-2H3. The molecule has 90 valence electrons. The molecule has 0 amide bonds. The molecule has 0 saturated carbocycles. The van der Waals surface area contributed by atoms with E-state index in [2.05, 4.69) is 20.9 Å². The van der Waals surface area contributed by atoms with Gasteiger partial charge in [0.05, 0.1) is 10.7 Å². The van der Waals surface area contributed by atoms with Gasteiger partial charge in [0.25, 0.3) is 0 Å². The smallest absolute Gasteiger partial charge is 0.123 e. The Kier molecular flexibility index (Phi) is 3.88. The fourth-order valence-corrected chi connectivity index (χ4v) is 3.03. The van der Waals surface area contributed by atoms with Crippen molar-refractivity contribution < 1.29 is 0 Å². The quantitative estimate of drug-likeness (QED) is 0.876. The number of hydrogen-bond acceptors (Lipinski definition) is 3. The Bertz CT molecular complexity index is 551. The molecule has 0 fully saturated rings. The number of rotatable bonds is 2. The predicted molar refractivity (Wildman–Crippen MR) is 77.6 cm³/mol. The molecule has 0 bridgehead atoms. The van der Waals surface area contributed by atoms with Gasteiger partial charge in [0.2, 0.25) is 0 Å². The van der Waals surface area contributed by atoms with Crippen molar-refractivity contribution in [2.24, 2.45) is 5.73 Å². The minimum absolute atomic E-state index is 0.0205. The SMILES string of the molecule is Cc1nc(-c2ccc(Br)c(Cl)c2)sc1C(C)N. The van der Waals surface area contributed by atoms with Crippen molar-refractivity contribution in [1.82, 2.24) is 4.98 Å². The van der Waals surface area contributed by atoms with Gasteiger partial charge in [0.15, 0.2) is 0 Å². The zero-order valence-corrected chi connectivity index (χ0v) is 12.7. The van der Waals surface area contributed by atoms with E-state index in [-0.39, 0.29) is 6.04 Å². The summed E-state index contributed by atoms with van der Waals surface area (Å²) in [5.74, 6) is 0. The van der Waals surface area contributed by atoms with Crippen LogP contribution in [0.1, 0.15) is 23.5 Å². The zero-order chi connectivity index (χ0) is 12.6. The van der Waals surface area contributed by atoms with Gasteiger partial charge in [-0.2, -0.15) is 0 Å². The molecule has 0 aliphatic rings. The van der Waals surface area contributed by atoms with Gasteiger partial charge in [-0.05, 0) is 41.9 Å². The highest BCUT2D eigenvalue weighted by Gasteiger charge is 2.13. The van der Waals surface area contributed by atoms with Crippen LogP contribution in [0.4, 0.5) is 0 Å². The number of benzene rings is 1. The van der Waals surface area contributed by atoms with E-state index in [0.717, 1.165) is 25.6 Å². The summed E-state index contributed by atoms with van der Waals surface area (Å²) in [6, 6.07) is 5.86. The van der Waals surface area contributed by atoms with E-state index in [1.165, 1.54) is 0 Å². The van der Waals surface area contributed by atoms with E-state index >= 15 is 0 Å². The van der Waals surface area contributed by atoms with Crippen LogP contribution in [0.3, 0.4) is 0 Å². The molecule has 0 radical (unpaired) electrons. The maximum atomic E-state index is 6.08. The lowest BCUT2D eigenvalue weighted by Gasteiger charge is -2.00. The van der Waals surface area contributed by atoms with Crippen molar-refractivity contribution in [3.63, 3.8) is 0 Å². The highest BCUT2D eigenvalue weighted by molar-refractivity contribution is 9.10. The lowest BCUT2D eigenvalue weighted by Crippen LogP contribution is -2.03. The van der Waals surface area contributed by atoms with Crippen LogP contribution in [-0.2, 0) is 0 Å².